The Morgan fingerprint density at radius 3 is 2.38 bits per heavy atom. The molecule has 2 fully saturated rings. The summed E-state index contributed by atoms with van der Waals surface area (Å²) < 4.78 is 35.7. The molecule has 1 atom stereocenters. The molecule has 6 rings (SSSR count). The smallest absolute Gasteiger partial charge is 0.253 e. The number of fused-ring (bicyclic) bond motifs is 1. The molecule has 0 spiro atoms. The summed E-state index contributed by atoms with van der Waals surface area (Å²) in [6, 6.07) is 16.1. The third kappa shape index (κ3) is 7.02. The number of hydrogen-bond donors (Lipinski definition) is 2. The van der Waals surface area contributed by atoms with Crippen molar-refractivity contribution in [3.8, 4) is 5.75 Å². The van der Waals surface area contributed by atoms with E-state index in [-0.39, 0.29) is 52.3 Å². The Kier molecular flexibility index (Phi) is 10.4. The van der Waals surface area contributed by atoms with Crippen molar-refractivity contribution in [2.45, 2.75) is 50.7 Å². The highest BCUT2D eigenvalue weighted by Gasteiger charge is 2.42. The monoisotopic (exact) mass is 736 g/mol. The molecule has 4 aromatic rings. The van der Waals surface area contributed by atoms with Crippen LogP contribution in [0.2, 0.25) is 10.0 Å². The molecule has 0 unspecified atom stereocenters. The van der Waals surface area contributed by atoms with Crippen molar-refractivity contribution in [1.29, 1.82) is 5.41 Å². The number of hydrogen-bond acceptors (Lipinski definition) is 7. The lowest BCUT2D eigenvalue weighted by molar-refractivity contribution is -0.134. The number of ether oxygens (including phenoxy) is 1. The van der Waals surface area contributed by atoms with E-state index in [4.69, 9.17) is 39.1 Å². The number of amidine groups is 1. The Morgan fingerprint density at radius 1 is 0.940 bits per heavy atom. The topological polar surface area (TPSA) is 150 Å². The molecule has 1 aromatic heterocycles. The first-order valence-electron chi connectivity index (χ1n) is 16.4. The summed E-state index contributed by atoms with van der Waals surface area (Å²) in [7, 11) is -4.21. The molecule has 0 saturated carbocycles. The summed E-state index contributed by atoms with van der Waals surface area (Å²) in [5.74, 6) is -0.0422. The number of carbonyl (C=O) groups excluding carboxylic acids is 2. The molecule has 0 aliphatic carbocycles. The molecule has 0 radical (unpaired) electrons. The zero-order valence-electron chi connectivity index (χ0n) is 27.8. The van der Waals surface area contributed by atoms with E-state index in [0.717, 1.165) is 16.6 Å². The fraction of sp³-hybridized carbons (Fsp3) is 0.333. The van der Waals surface area contributed by atoms with Gasteiger partial charge in [-0.15, -0.1) is 0 Å². The summed E-state index contributed by atoms with van der Waals surface area (Å²) in [5, 5.41) is 8.70. The van der Waals surface area contributed by atoms with Crippen LogP contribution in [0.1, 0.15) is 52.0 Å². The highest BCUT2D eigenvalue weighted by Crippen LogP contribution is 2.37. The normalized spacial score (nSPS) is 17.2. The maximum absolute atomic E-state index is 14.2. The number of para-hydroxylation sites is 1. The van der Waals surface area contributed by atoms with Crippen LogP contribution in [0.15, 0.2) is 65.6 Å². The molecule has 50 heavy (non-hydrogen) atoms. The fourth-order valence-electron chi connectivity index (χ4n) is 6.66. The fourth-order valence-corrected chi connectivity index (χ4v) is 9.17. The van der Waals surface area contributed by atoms with Crippen molar-refractivity contribution in [1.82, 2.24) is 19.1 Å². The van der Waals surface area contributed by atoms with Gasteiger partial charge in [0, 0.05) is 65.5 Å². The van der Waals surface area contributed by atoms with Gasteiger partial charge in [0.2, 0.25) is 15.9 Å². The molecule has 11 nitrogen and oxygen atoms in total. The minimum Gasteiger partial charge on any atom is -0.487 e. The van der Waals surface area contributed by atoms with E-state index in [9.17, 15) is 18.0 Å². The third-order valence-electron chi connectivity index (χ3n) is 9.27. The summed E-state index contributed by atoms with van der Waals surface area (Å²) in [5.41, 5.74) is 9.42. The second-order valence-corrected chi connectivity index (χ2v) is 15.2. The van der Waals surface area contributed by atoms with Crippen LogP contribution in [0.3, 0.4) is 0 Å². The molecular formula is C36H38Cl2N6O5S. The number of rotatable bonds is 8. The lowest BCUT2D eigenvalue weighted by atomic mass is 10.1. The zero-order valence-corrected chi connectivity index (χ0v) is 30.1. The van der Waals surface area contributed by atoms with Crippen LogP contribution in [0.25, 0.3) is 10.9 Å². The summed E-state index contributed by atoms with van der Waals surface area (Å²) in [4.78, 5) is 35.0. The quantitative estimate of drug-likeness (QED) is 0.178. The second kappa shape index (κ2) is 14.6. The lowest BCUT2D eigenvalue weighted by Crippen LogP contribution is -2.48. The Labute approximate surface area is 301 Å². The third-order valence-corrected chi connectivity index (χ3v) is 12.1. The summed E-state index contributed by atoms with van der Waals surface area (Å²) in [6.45, 7) is 5.39. The highest BCUT2D eigenvalue weighted by atomic mass is 35.5. The van der Waals surface area contributed by atoms with Crippen molar-refractivity contribution >= 4 is 61.8 Å². The standard InChI is InChI=1S/C36H38Cl2N6O5S/c1-22-20-23(2)41-33-26(22)6-3-8-30(33)49-21-27-28(37)13-14-31(32(27)38)50(47,48)44-17-4-7-29(44)36(46)43-16-5-15-42(18-19-43)35(45)25-11-9-24(10-12-25)34(39)40/h3,6,8-14,20,29H,4-5,7,15-19,21H2,1-2H3,(H3,39,40)/t29-/m0/s1. The molecule has 3 heterocycles. The molecule has 2 saturated heterocycles. The number of carbonyl (C=O) groups is 2. The number of pyridine rings is 1. The van der Waals surface area contributed by atoms with Gasteiger partial charge in [0.05, 0.1) is 5.02 Å². The summed E-state index contributed by atoms with van der Waals surface area (Å²) in [6.07, 6.45) is 1.42. The van der Waals surface area contributed by atoms with Crippen molar-refractivity contribution in [2.75, 3.05) is 32.7 Å². The lowest BCUT2D eigenvalue weighted by Gasteiger charge is -2.29. The molecule has 2 aliphatic heterocycles. The maximum Gasteiger partial charge on any atom is 0.253 e. The molecular weight excluding hydrogens is 699 g/mol. The van der Waals surface area contributed by atoms with Gasteiger partial charge in [-0.3, -0.25) is 15.0 Å². The number of amides is 2. The number of benzene rings is 3. The molecule has 14 heteroatoms. The Hall–Kier alpha value is -4.23. The largest absolute Gasteiger partial charge is 0.487 e. The van der Waals surface area contributed by atoms with Crippen LogP contribution in [0.5, 0.6) is 5.75 Å². The second-order valence-electron chi connectivity index (χ2n) is 12.6. The predicted molar refractivity (Wildman–Crippen MR) is 193 cm³/mol. The number of nitrogens with one attached hydrogen (secondary N) is 1. The SMILES string of the molecule is Cc1cc(C)c2cccc(OCc3c(Cl)ccc(S(=O)(=O)N4CCC[C@H]4C(=O)N4CCCN(C(=O)c5ccc(C(=N)N)cc5)CC4)c3Cl)c2n1. The number of halogens is 2. The van der Waals surface area contributed by atoms with Crippen LogP contribution in [-0.2, 0) is 21.4 Å². The average Bonchev–Trinajstić information content (AvgIpc) is 3.47. The van der Waals surface area contributed by atoms with E-state index in [2.05, 4.69) is 4.98 Å². The maximum atomic E-state index is 14.2. The first-order valence-corrected chi connectivity index (χ1v) is 18.6. The van der Waals surface area contributed by atoms with Crippen LogP contribution in [-0.4, -0.2) is 83.9 Å². The van der Waals surface area contributed by atoms with E-state index in [1.54, 1.807) is 40.1 Å². The van der Waals surface area contributed by atoms with Crippen molar-refractivity contribution in [3.05, 3.63) is 98.7 Å². The van der Waals surface area contributed by atoms with Gasteiger partial charge in [-0.2, -0.15) is 4.31 Å². The van der Waals surface area contributed by atoms with Gasteiger partial charge in [-0.25, -0.2) is 13.4 Å². The molecule has 262 valence electrons. The van der Waals surface area contributed by atoms with Crippen molar-refractivity contribution < 1.29 is 22.7 Å². The number of nitrogens with two attached hydrogens (primary N) is 1. The molecule has 2 aliphatic rings. The minimum absolute atomic E-state index is 0.0589. The molecule has 2 amide bonds. The van der Waals surface area contributed by atoms with Crippen LogP contribution in [0, 0.1) is 19.3 Å². The van der Waals surface area contributed by atoms with Crippen molar-refractivity contribution in [2.24, 2.45) is 5.73 Å². The van der Waals surface area contributed by atoms with E-state index < -0.39 is 16.1 Å². The van der Waals surface area contributed by atoms with Gasteiger partial charge < -0.3 is 20.3 Å². The Balaban J connectivity index is 1.17. The van der Waals surface area contributed by atoms with E-state index in [1.807, 2.05) is 32.0 Å². The minimum atomic E-state index is -4.21. The molecule has 3 aromatic carbocycles. The first-order chi connectivity index (χ1) is 23.9. The number of nitrogens with zero attached hydrogens (tertiary/aromatic N) is 4. The van der Waals surface area contributed by atoms with E-state index in [0.29, 0.717) is 66.9 Å². The average molecular weight is 738 g/mol. The van der Waals surface area contributed by atoms with Gasteiger partial charge in [-0.05, 0) is 75.1 Å². The number of aryl methyl sites for hydroxylation is 2. The number of nitrogen functional groups attached to an aromatic ring is 1. The van der Waals surface area contributed by atoms with Crippen LogP contribution < -0.4 is 10.5 Å². The van der Waals surface area contributed by atoms with E-state index >= 15 is 0 Å². The number of aromatic nitrogens is 1. The van der Waals surface area contributed by atoms with Gasteiger partial charge in [-0.1, -0.05) is 47.5 Å². The van der Waals surface area contributed by atoms with Crippen LogP contribution in [0.4, 0.5) is 0 Å². The van der Waals surface area contributed by atoms with Gasteiger partial charge in [0.1, 0.15) is 34.6 Å². The van der Waals surface area contributed by atoms with Gasteiger partial charge >= 0.3 is 0 Å². The molecule has 3 N–H and O–H groups in total. The molecule has 0 bridgehead atoms. The van der Waals surface area contributed by atoms with Crippen molar-refractivity contribution in [3.63, 3.8) is 0 Å². The van der Waals surface area contributed by atoms with Crippen LogP contribution >= 0.6 is 23.2 Å². The predicted octanol–water partition coefficient (Wildman–Crippen LogP) is 5.55. The Morgan fingerprint density at radius 2 is 1.64 bits per heavy atom. The first kappa shape index (κ1) is 35.6. The summed E-state index contributed by atoms with van der Waals surface area (Å²) >= 11 is 13.3. The highest BCUT2D eigenvalue weighted by molar-refractivity contribution is 7.89. The number of sulfonamides is 1. The van der Waals surface area contributed by atoms with Gasteiger partial charge in [0.25, 0.3) is 5.91 Å². The van der Waals surface area contributed by atoms with E-state index in [1.165, 1.54) is 16.4 Å². The van der Waals surface area contributed by atoms with Gasteiger partial charge in [0.15, 0.2) is 0 Å². The Bertz CT molecular complexity index is 2090. The zero-order chi connectivity index (χ0) is 35.7.